The van der Waals surface area contributed by atoms with Gasteiger partial charge in [-0.3, -0.25) is 9.10 Å². The fourth-order valence-corrected chi connectivity index (χ4v) is 2.68. The number of hydrogen-bond donors (Lipinski definition) is 1. The zero-order chi connectivity index (χ0) is 16.0. The molecule has 0 atom stereocenters. The maximum Gasteiger partial charge on any atom is 0.241 e. The third-order valence-electron chi connectivity index (χ3n) is 2.55. The van der Waals surface area contributed by atoms with Gasteiger partial charge in [0.25, 0.3) is 0 Å². The van der Waals surface area contributed by atoms with Gasteiger partial charge in [-0.15, -0.1) is 6.58 Å². The zero-order valence-corrected chi connectivity index (χ0v) is 13.4. The number of nitrogens with zero attached hydrogens (tertiary/aromatic N) is 1. The average molecular weight is 333 g/mol. The third-order valence-corrected chi connectivity index (χ3v) is 3.99. The Kier molecular flexibility index (Phi) is 6.04. The quantitative estimate of drug-likeness (QED) is 0.766. The molecule has 0 aromatic heterocycles. The van der Waals surface area contributed by atoms with Gasteiger partial charge in [0.05, 0.1) is 24.1 Å². The molecule has 0 unspecified atom stereocenters. The Morgan fingerprint density at radius 1 is 1.52 bits per heavy atom. The van der Waals surface area contributed by atoms with Crippen LogP contribution in [0.25, 0.3) is 0 Å². The van der Waals surface area contributed by atoms with Crippen molar-refractivity contribution in [3.63, 3.8) is 0 Å². The van der Waals surface area contributed by atoms with Crippen LogP contribution in [0.15, 0.2) is 30.9 Å². The first kappa shape index (κ1) is 17.3. The van der Waals surface area contributed by atoms with Crippen LogP contribution < -0.4 is 14.4 Å². The largest absolute Gasteiger partial charge is 0.495 e. The second kappa shape index (κ2) is 7.33. The monoisotopic (exact) mass is 332 g/mol. The van der Waals surface area contributed by atoms with E-state index in [4.69, 9.17) is 16.3 Å². The predicted octanol–water partition coefficient (Wildman–Crippen LogP) is 1.42. The molecule has 21 heavy (non-hydrogen) atoms. The first-order valence-corrected chi connectivity index (χ1v) is 8.21. The van der Waals surface area contributed by atoms with Crippen LogP contribution in [0.3, 0.4) is 0 Å². The minimum absolute atomic E-state index is 0.259. The smallest absolute Gasteiger partial charge is 0.241 e. The predicted molar refractivity (Wildman–Crippen MR) is 83.4 cm³/mol. The lowest BCUT2D eigenvalue weighted by Crippen LogP contribution is -2.40. The second-order valence-electron chi connectivity index (χ2n) is 4.18. The fourth-order valence-electron chi connectivity index (χ4n) is 1.58. The Balaban J connectivity index is 3.06. The molecule has 0 saturated carbocycles. The number of carbonyl (C=O) groups is 1. The molecule has 1 amide bonds. The Hall–Kier alpha value is -1.73. The molecular formula is C13H17ClN2O4S. The van der Waals surface area contributed by atoms with Crippen LogP contribution in [0.2, 0.25) is 5.02 Å². The summed E-state index contributed by atoms with van der Waals surface area (Å²) in [7, 11) is -2.17. The summed E-state index contributed by atoms with van der Waals surface area (Å²) in [6, 6.07) is 4.49. The third kappa shape index (κ3) is 4.95. The molecule has 1 N–H and O–H groups in total. The Morgan fingerprint density at radius 2 is 2.19 bits per heavy atom. The summed E-state index contributed by atoms with van der Waals surface area (Å²) in [4.78, 5) is 11.7. The summed E-state index contributed by atoms with van der Waals surface area (Å²) in [5.41, 5.74) is 0.289. The number of amides is 1. The van der Waals surface area contributed by atoms with Crippen molar-refractivity contribution < 1.29 is 17.9 Å². The van der Waals surface area contributed by atoms with Crippen molar-refractivity contribution in [2.75, 3.05) is 30.8 Å². The van der Waals surface area contributed by atoms with Crippen molar-refractivity contribution in [1.82, 2.24) is 5.32 Å². The van der Waals surface area contributed by atoms with Crippen LogP contribution >= 0.6 is 11.6 Å². The highest BCUT2D eigenvalue weighted by molar-refractivity contribution is 7.92. The standard InChI is InChI=1S/C13H17ClN2O4S/c1-4-7-15-13(17)9-16(21(3,18)19)10-5-6-12(20-2)11(14)8-10/h4-6,8H,1,7,9H2,2-3H3,(H,15,17). The van der Waals surface area contributed by atoms with E-state index in [1.54, 1.807) is 0 Å². The molecule has 1 aromatic rings. The van der Waals surface area contributed by atoms with Crippen molar-refractivity contribution in [2.24, 2.45) is 0 Å². The number of methoxy groups -OCH3 is 1. The van der Waals surface area contributed by atoms with Gasteiger partial charge in [-0.25, -0.2) is 8.42 Å². The van der Waals surface area contributed by atoms with Gasteiger partial charge in [0, 0.05) is 6.54 Å². The first-order chi connectivity index (χ1) is 9.79. The summed E-state index contributed by atoms with van der Waals surface area (Å²) >= 11 is 5.98. The van der Waals surface area contributed by atoms with Crippen LogP contribution in [-0.2, 0) is 14.8 Å². The first-order valence-electron chi connectivity index (χ1n) is 5.98. The normalized spacial score (nSPS) is 10.8. The van der Waals surface area contributed by atoms with Crippen LogP contribution in [-0.4, -0.2) is 40.8 Å². The zero-order valence-electron chi connectivity index (χ0n) is 11.8. The van der Waals surface area contributed by atoms with Crippen molar-refractivity contribution in [2.45, 2.75) is 0 Å². The molecule has 0 spiro atoms. The van der Waals surface area contributed by atoms with E-state index in [0.29, 0.717) is 5.75 Å². The summed E-state index contributed by atoms with van der Waals surface area (Å²) in [5, 5.41) is 2.78. The number of rotatable bonds is 7. The minimum atomic E-state index is -3.63. The number of hydrogen-bond acceptors (Lipinski definition) is 4. The van der Waals surface area contributed by atoms with E-state index in [9.17, 15) is 13.2 Å². The van der Waals surface area contributed by atoms with Crippen molar-refractivity contribution in [3.8, 4) is 5.75 Å². The molecule has 0 fully saturated rings. The minimum Gasteiger partial charge on any atom is -0.495 e. The number of benzene rings is 1. The summed E-state index contributed by atoms with van der Waals surface area (Å²) < 4.78 is 29.7. The van der Waals surface area contributed by atoms with E-state index < -0.39 is 15.9 Å². The van der Waals surface area contributed by atoms with Crippen LogP contribution in [0.4, 0.5) is 5.69 Å². The molecule has 0 aliphatic heterocycles. The van der Waals surface area contributed by atoms with Crippen LogP contribution in [0.5, 0.6) is 5.75 Å². The van der Waals surface area contributed by atoms with Crippen LogP contribution in [0.1, 0.15) is 0 Å². The number of sulfonamides is 1. The van der Waals surface area contributed by atoms with Gasteiger partial charge < -0.3 is 10.1 Å². The summed E-state index contributed by atoms with van der Waals surface area (Å²) in [5.74, 6) is -0.0164. The highest BCUT2D eigenvalue weighted by Crippen LogP contribution is 2.29. The Labute approximate surface area is 129 Å². The molecule has 8 heteroatoms. The van der Waals surface area contributed by atoms with Crippen molar-refractivity contribution in [3.05, 3.63) is 35.9 Å². The van der Waals surface area contributed by atoms with E-state index >= 15 is 0 Å². The molecule has 0 radical (unpaired) electrons. The van der Waals surface area contributed by atoms with Gasteiger partial charge in [0.2, 0.25) is 15.9 Å². The molecule has 0 bridgehead atoms. The maximum absolute atomic E-state index is 11.9. The molecule has 0 aliphatic carbocycles. The van der Waals surface area contributed by atoms with Gasteiger partial charge in [0.1, 0.15) is 12.3 Å². The van der Waals surface area contributed by atoms with Gasteiger partial charge in [-0.2, -0.15) is 0 Å². The lowest BCUT2D eigenvalue weighted by atomic mass is 10.3. The molecule has 0 aliphatic rings. The number of anilines is 1. The van der Waals surface area contributed by atoms with Crippen molar-refractivity contribution in [1.29, 1.82) is 0 Å². The number of carbonyl (C=O) groups excluding carboxylic acids is 1. The van der Waals surface area contributed by atoms with Gasteiger partial charge >= 0.3 is 0 Å². The van der Waals surface area contributed by atoms with E-state index in [2.05, 4.69) is 11.9 Å². The number of ether oxygens (including phenoxy) is 1. The topological polar surface area (TPSA) is 75.7 Å². The molecule has 0 heterocycles. The van der Waals surface area contributed by atoms with Gasteiger partial charge in [-0.05, 0) is 18.2 Å². The lowest BCUT2D eigenvalue weighted by molar-refractivity contribution is -0.119. The van der Waals surface area contributed by atoms with Gasteiger partial charge in [0.15, 0.2) is 0 Å². The SMILES string of the molecule is C=CCNC(=O)CN(c1ccc(OC)c(Cl)c1)S(C)(=O)=O. The van der Waals surface area contributed by atoms with Crippen LogP contribution in [0, 0.1) is 0 Å². The van der Waals surface area contributed by atoms with E-state index in [1.165, 1.54) is 31.4 Å². The molecule has 6 nitrogen and oxygen atoms in total. The molecule has 1 rings (SSSR count). The lowest BCUT2D eigenvalue weighted by Gasteiger charge is -2.22. The molecule has 1 aromatic carbocycles. The summed E-state index contributed by atoms with van der Waals surface area (Å²) in [6.45, 7) is 3.40. The second-order valence-corrected chi connectivity index (χ2v) is 6.50. The van der Waals surface area contributed by atoms with E-state index in [-0.39, 0.29) is 23.8 Å². The summed E-state index contributed by atoms with van der Waals surface area (Å²) in [6.07, 6.45) is 2.53. The van der Waals surface area contributed by atoms with E-state index in [0.717, 1.165) is 10.6 Å². The number of nitrogens with one attached hydrogen (secondary N) is 1. The highest BCUT2D eigenvalue weighted by atomic mass is 35.5. The molecule has 116 valence electrons. The number of halogens is 1. The van der Waals surface area contributed by atoms with Gasteiger partial charge in [-0.1, -0.05) is 17.7 Å². The highest BCUT2D eigenvalue weighted by Gasteiger charge is 2.21. The average Bonchev–Trinajstić information content (AvgIpc) is 2.41. The fraction of sp³-hybridized carbons (Fsp3) is 0.308. The van der Waals surface area contributed by atoms with Crippen molar-refractivity contribution >= 4 is 33.2 Å². The Bertz CT molecular complexity index is 631. The van der Waals surface area contributed by atoms with E-state index in [1.807, 2.05) is 0 Å². The molecule has 0 saturated heterocycles. The maximum atomic E-state index is 11.9. The molecular weight excluding hydrogens is 316 g/mol. The Morgan fingerprint density at radius 3 is 2.67 bits per heavy atom.